The van der Waals surface area contributed by atoms with E-state index in [0.717, 1.165) is 24.8 Å². The van der Waals surface area contributed by atoms with Crippen LogP contribution in [-0.2, 0) is 0 Å². The van der Waals surface area contributed by atoms with Crippen molar-refractivity contribution in [1.29, 1.82) is 0 Å². The molecule has 0 radical (unpaired) electrons. The maximum atomic E-state index is 10.5. The van der Waals surface area contributed by atoms with Crippen LogP contribution in [0.5, 0.6) is 0 Å². The fourth-order valence-corrected chi connectivity index (χ4v) is 1.97. The third-order valence-corrected chi connectivity index (χ3v) is 3.12. The highest BCUT2D eigenvalue weighted by atomic mass is 16.6. The van der Waals surface area contributed by atoms with E-state index in [9.17, 15) is 10.1 Å². The van der Waals surface area contributed by atoms with Gasteiger partial charge >= 0.3 is 5.69 Å². The normalized spacial score (nSPS) is 17.4. The van der Waals surface area contributed by atoms with Crippen molar-refractivity contribution in [3.05, 3.63) is 28.4 Å². The molecule has 1 N–H and O–H groups in total. The Bertz CT molecular complexity index is 369. The number of rotatable bonds is 2. The summed E-state index contributed by atoms with van der Waals surface area (Å²) in [5, 5.41) is 10.5. The van der Waals surface area contributed by atoms with Crippen molar-refractivity contribution in [1.82, 2.24) is 0 Å². The SMILES string of the molecule is CC1CCN(c2ccc([N+](=O)[O-])c[nH+]2)CC1. The molecular formula is C11H16N3O2+. The van der Waals surface area contributed by atoms with Gasteiger partial charge in [-0.15, -0.1) is 0 Å². The molecule has 5 heteroatoms. The van der Waals surface area contributed by atoms with Crippen molar-refractivity contribution in [2.75, 3.05) is 18.0 Å². The first-order valence-corrected chi connectivity index (χ1v) is 5.58. The molecule has 0 saturated carbocycles. The summed E-state index contributed by atoms with van der Waals surface area (Å²) in [7, 11) is 0. The van der Waals surface area contributed by atoms with E-state index < -0.39 is 4.92 Å². The van der Waals surface area contributed by atoms with Gasteiger partial charge in [-0.2, -0.15) is 0 Å². The van der Waals surface area contributed by atoms with Crippen molar-refractivity contribution in [2.45, 2.75) is 19.8 Å². The van der Waals surface area contributed by atoms with E-state index in [0.29, 0.717) is 0 Å². The quantitative estimate of drug-likeness (QED) is 0.564. The second kappa shape index (κ2) is 4.47. The Morgan fingerprint density at radius 1 is 1.44 bits per heavy atom. The average Bonchev–Trinajstić information content (AvgIpc) is 2.30. The van der Waals surface area contributed by atoms with E-state index in [1.807, 2.05) is 0 Å². The minimum atomic E-state index is -0.390. The summed E-state index contributed by atoms with van der Waals surface area (Å²) in [5.74, 6) is 1.76. The molecule has 1 saturated heterocycles. The van der Waals surface area contributed by atoms with Gasteiger partial charge in [0.25, 0.3) is 5.82 Å². The molecule has 0 unspecified atom stereocenters. The molecule has 0 amide bonds. The molecule has 1 fully saturated rings. The minimum Gasteiger partial charge on any atom is -0.262 e. The number of pyridine rings is 1. The summed E-state index contributed by atoms with van der Waals surface area (Å²) in [6.07, 6.45) is 3.82. The number of piperidine rings is 1. The monoisotopic (exact) mass is 222 g/mol. The van der Waals surface area contributed by atoms with Crippen LogP contribution in [0.4, 0.5) is 11.5 Å². The second-order valence-corrected chi connectivity index (χ2v) is 4.36. The highest BCUT2D eigenvalue weighted by Gasteiger charge is 2.23. The van der Waals surface area contributed by atoms with Crippen LogP contribution in [0, 0.1) is 16.0 Å². The lowest BCUT2D eigenvalue weighted by Crippen LogP contribution is -2.36. The first-order valence-electron chi connectivity index (χ1n) is 5.58. The van der Waals surface area contributed by atoms with Gasteiger partial charge in [0.15, 0.2) is 6.20 Å². The van der Waals surface area contributed by atoms with Crippen LogP contribution >= 0.6 is 0 Å². The summed E-state index contributed by atoms with van der Waals surface area (Å²) in [4.78, 5) is 15.3. The molecule has 2 rings (SSSR count). The minimum absolute atomic E-state index is 0.106. The maximum absolute atomic E-state index is 10.5. The predicted octanol–water partition coefficient (Wildman–Crippen LogP) is 1.65. The Balaban J connectivity index is 2.07. The molecule has 0 bridgehead atoms. The Morgan fingerprint density at radius 3 is 2.62 bits per heavy atom. The van der Waals surface area contributed by atoms with E-state index >= 15 is 0 Å². The maximum Gasteiger partial charge on any atom is 0.308 e. The molecule has 0 aromatic carbocycles. The van der Waals surface area contributed by atoms with Crippen molar-refractivity contribution >= 4 is 11.5 Å². The fourth-order valence-electron chi connectivity index (χ4n) is 1.97. The molecule has 0 atom stereocenters. The van der Waals surface area contributed by atoms with Crippen molar-refractivity contribution in [3.63, 3.8) is 0 Å². The second-order valence-electron chi connectivity index (χ2n) is 4.36. The molecule has 1 aliphatic heterocycles. The van der Waals surface area contributed by atoms with Gasteiger partial charge < -0.3 is 0 Å². The van der Waals surface area contributed by atoms with Crippen LogP contribution in [0.15, 0.2) is 18.3 Å². The van der Waals surface area contributed by atoms with Crippen LogP contribution in [-0.4, -0.2) is 18.0 Å². The third kappa shape index (κ3) is 2.29. The van der Waals surface area contributed by atoms with Crippen molar-refractivity contribution < 1.29 is 9.91 Å². The number of anilines is 1. The Morgan fingerprint density at radius 2 is 2.12 bits per heavy atom. The number of hydrogen-bond donors (Lipinski definition) is 0. The standard InChI is InChI=1S/C11H15N3O2/c1-9-4-6-13(7-5-9)11-3-2-10(8-12-11)14(15)16/h2-3,8-9H,4-7H2,1H3/p+1. The van der Waals surface area contributed by atoms with Gasteiger partial charge in [-0.05, 0) is 18.8 Å². The number of nitro groups is 1. The van der Waals surface area contributed by atoms with Crippen molar-refractivity contribution in [2.24, 2.45) is 5.92 Å². The molecule has 1 aromatic heterocycles. The highest BCUT2D eigenvalue weighted by molar-refractivity contribution is 5.37. The molecule has 16 heavy (non-hydrogen) atoms. The summed E-state index contributed by atoms with van der Waals surface area (Å²) in [5.41, 5.74) is 0.106. The van der Waals surface area contributed by atoms with Gasteiger partial charge in [-0.1, -0.05) is 6.92 Å². The van der Waals surface area contributed by atoms with Gasteiger partial charge in [-0.3, -0.25) is 15.0 Å². The van der Waals surface area contributed by atoms with Crippen LogP contribution in [0.3, 0.4) is 0 Å². The number of hydrogen-bond acceptors (Lipinski definition) is 3. The van der Waals surface area contributed by atoms with Gasteiger partial charge in [0.2, 0.25) is 0 Å². The first-order chi connectivity index (χ1) is 7.66. The van der Waals surface area contributed by atoms with Crippen LogP contribution in [0.25, 0.3) is 0 Å². The molecule has 1 aromatic rings. The zero-order valence-electron chi connectivity index (χ0n) is 9.35. The zero-order valence-corrected chi connectivity index (χ0v) is 9.35. The predicted molar refractivity (Wildman–Crippen MR) is 60.3 cm³/mol. The van der Waals surface area contributed by atoms with Crippen molar-refractivity contribution in [3.8, 4) is 0 Å². The number of H-pyrrole nitrogens is 1. The number of nitrogens with zero attached hydrogens (tertiary/aromatic N) is 2. The fraction of sp³-hybridized carbons (Fsp3) is 0.545. The Labute approximate surface area is 94.2 Å². The Hall–Kier alpha value is -1.65. The summed E-state index contributed by atoms with van der Waals surface area (Å²) < 4.78 is 0. The van der Waals surface area contributed by atoms with E-state index in [2.05, 4.69) is 16.8 Å². The number of aromatic amines is 1. The molecule has 0 aliphatic carbocycles. The van der Waals surface area contributed by atoms with Crippen LogP contribution in [0.1, 0.15) is 19.8 Å². The van der Waals surface area contributed by atoms with Crippen LogP contribution < -0.4 is 9.88 Å². The third-order valence-electron chi connectivity index (χ3n) is 3.12. The van der Waals surface area contributed by atoms with E-state index in [4.69, 9.17) is 0 Å². The summed E-state index contributed by atoms with van der Waals surface area (Å²) in [6.45, 7) is 4.31. The Kier molecular flexibility index (Phi) is 3.03. The molecule has 1 aliphatic rings. The molecule has 5 nitrogen and oxygen atoms in total. The van der Waals surface area contributed by atoms with Gasteiger partial charge in [0.05, 0.1) is 18.0 Å². The lowest BCUT2D eigenvalue weighted by atomic mass is 9.99. The largest absolute Gasteiger partial charge is 0.308 e. The highest BCUT2D eigenvalue weighted by Crippen LogP contribution is 2.20. The molecular weight excluding hydrogens is 206 g/mol. The van der Waals surface area contributed by atoms with E-state index in [1.54, 1.807) is 12.1 Å². The van der Waals surface area contributed by atoms with E-state index in [1.165, 1.54) is 19.0 Å². The van der Waals surface area contributed by atoms with Crippen LogP contribution in [0.2, 0.25) is 0 Å². The lowest BCUT2D eigenvalue weighted by Gasteiger charge is -2.24. The van der Waals surface area contributed by atoms with E-state index in [-0.39, 0.29) is 5.69 Å². The molecule has 0 spiro atoms. The summed E-state index contributed by atoms with van der Waals surface area (Å²) >= 11 is 0. The summed E-state index contributed by atoms with van der Waals surface area (Å²) in [6, 6.07) is 3.33. The van der Waals surface area contributed by atoms with Gasteiger partial charge in [0.1, 0.15) is 0 Å². The topological polar surface area (TPSA) is 60.5 Å². The van der Waals surface area contributed by atoms with Gasteiger partial charge in [0, 0.05) is 12.1 Å². The lowest BCUT2D eigenvalue weighted by molar-refractivity contribution is -0.414. The number of aromatic nitrogens is 1. The molecule has 86 valence electrons. The first kappa shape index (κ1) is 10.9. The molecule has 2 heterocycles. The zero-order chi connectivity index (χ0) is 11.5. The number of nitrogens with one attached hydrogen (secondary N) is 1. The average molecular weight is 222 g/mol. The van der Waals surface area contributed by atoms with Gasteiger partial charge in [-0.25, -0.2) is 4.98 Å². The smallest absolute Gasteiger partial charge is 0.262 e.